The second kappa shape index (κ2) is 9.90. The molecule has 6 heteroatoms. The summed E-state index contributed by atoms with van der Waals surface area (Å²) >= 11 is 0. The third kappa shape index (κ3) is 5.31. The van der Waals surface area contributed by atoms with Gasteiger partial charge in [-0.2, -0.15) is 0 Å². The van der Waals surface area contributed by atoms with E-state index in [-0.39, 0.29) is 17.6 Å². The van der Waals surface area contributed by atoms with Crippen molar-refractivity contribution in [3.8, 4) is 11.3 Å². The van der Waals surface area contributed by atoms with Gasteiger partial charge in [0.2, 0.25) is 5.91 Å². The number of anilines is 1. The van der Waals surface area contributed by atoms with Crippen LogP contribution in [-0.4, -0.2) is 29.2 Å². The van der Waals surface area contributed by atoms with Crippen molar-refractivity contribution in [2.75, 3.05) is 18.0 Å². The number of rotatable bonds is 6. The fraction of sp³-hybridized carbons (Fsp3) is 0.346. The van der Waals surface area contributed by atoms with Crippen molar-refractivity contribution in [1.29, 1.82) is 0 Å². The lowest BCUT2D eigenvalue weighted by Crippen LogP contribution is -2.43. The zero-order chi connectivity index (χ0) is 22.5. The maximum absolute atomic E-state index is 13.1. The Bertz CT molecular complexity index is 1030. The van der Waals surface area contributed by atoms with Crippen LogP contribution in [0.3, 0.4) is 0 Å². The fourth-order valence-corrected chi connectivity index (χ4v) is 4.02. The van der Waals surface area contributed by atoms with Crippen molar-refractivity contribution in [3.05, 3.63) is 77.6 Å². The normalized spacial score (nSPS) is 16.2. The largest absolute Gasteiger partial charge is 0.354 e. The molecule has 1 aliphatic rings. The Morgan fingerprint density at radius 1 is 1.06 bits per heavy atom. The highest BCUT2D eigenvalue weighted by molar-refractivity contribution is 5.79. The molecule has 1 aliphatic heterocycles. The summed E-state index contributed by atoms with van der Waals surface area (Å²) in [4.78, 5) is 14.9. The molecule has 0 saturated carbocycles. The maximum Gasteiger partial charge on any atom is 0.225 e. The molecule has 32 heavy (non-hydrogen) atoms. The van der Waals surface area contributed by atoms with Crippen LogP contribution in [0, 0.1) is 11.7 Å². The maximum atomic E-state index is 13.1. The van der Waals surface area contributed by atoms with E-state index in [0.717, 1.165) is 36.3 Å². The third-order valence-electron chi connectivity index (χ3n) is 6.02. The summed E-state index contributed by atoms with van der Waals surface area (Å²) < 4.78 is 13.1. The van der Waals surface area contributed by atoms with Crippen LogP contribution >= 0.6 is 0 Å². The van der Waals surface area contributed by atoms with Gasteiger partial charge in [0.05, 0.1) is 11.6 Å². The Hall–Kier alpha value is -3.28. The zero-order valence-electron chi connectivity index (χ0n) is 18.6. The Balaban J connectivity index is 1.34. The molecule has 2 heterocycles. The first-order chi connectivity index (χ1) is 15.5. The molecule has 0 spiro atoms. The average Bonchev–Trinajstić information content (AvgIpc) is 2.83. The molecular weight excluding hydrogens is 403 g/mol. The van der Waals surface area contributed by atoms with Crippen molar-refractivity contribution in [2.24, 2.45) is 5.92 Å². The summed E-state index contributed by atoms with van der Waals surface area (Å²) in [7, 11) is 0. The first kappa shape index (κ1) is 21.9. The van der Waals surface area contributed by atoms with Gasteiger partial charge in [-0.3, -0.25) is 4.79 Å². The van der Waals surface area contributed by atoms with Gasteiger partial charge in [0.25, 0.3) is 0 Å². The van der Waals surface area contributed by atoms with Crippen molar-refractivity contribution in [1.82, 2.24) is 15.5 Å². The first-order valence-electron chi connectivity index (χ1n) is 11.2. The zero-order valence-corrected chi connectivity index (χ0v) is 18.6. The van der Waals surface area contributed by atoms with Gasteiger partial charge in [-0.25, -0.2) is 4.39 Å². The number of benzene rings is 2. The molecule has 166 valence electrons. The summed E-state index contributed by atoms with van der Waals surface area (Å²) in [5.74, 6) is 0.997. The monoisotopic (exact) mass is 432 g/mol. The van der Waals surface area contributed by atoms with Crippen molar-refractivity contribution < 1.29 is 9.18 Å². The molecule has 0 radical (unpaired) electrons. The van der Waals surface area contributed by atoms with Crippen molar-refractivity contribution in [3.63, 3.8) is 0 Å². The molecule has 1 N–H and O–H groups in total. The molecule has 1 atom stereocenters. The molecule has 1 amide bonds. The second-order valence-corrected chi connectivity index (χ2v) is 8.68. The Morgan fingerprint density at radius 2 is 1.81 bits per heavy atom. The van der Waals surface area contributed by atoms with Crippen LogP contribution < -0.4 is 10.2 Å². The standard InChI is InChI=1S/C26H29FN4O/c1-18(2)20-7-5-19(6-8-20)16-28-26(32)22-4-3-15-31(17-22)25-14-13-24(29-30-25)21-9-11-23(27)12-10-21/h5-14,18,22H,3-4,15-17H2,1-2H3,(H,28,32)/t22-/m1/s1. The number of hydrogen-bond donors (Lipinski definition) is 1. The summed E-state index contributed by atoms with van der Waals surface area (Å²) in [5, 5.41) is 11.8. The number of aromatic nitrogens is 2. The lowest BCUT2D eigenvalue weighted by atomic mass is 9.97. The van der Waals surface area contributed by atoms with Crippen LogP contribution in [0.1, 0.15) is 43.7 Å². The van der Waals surface area contributed by atoms with Gasteiger partial charge >= 0.3 is 0 Å². The summed E-state index contributed by atoms with van der Waals surface area (Å²) in [6.45, 7) is 6.37. The van der Waals surface area contributed by atoms with Gasteiger partial charge in [0.15, 0.2) is 5.82 Å². The average molecular weight is 433 g/mol. The smallest absolute Gasteiger partial charge is 0.225 e. The summed E-state index contributed by atoms with van der Waals surface area (Å²) in [5.41, 5.74) is 3.93. The topological polar surface area (TPSA) is 58.1 Å². The predicted molar refractivity (Wildman–Crippen MR) is 125 cm³/mol. The highest BCUT2D eigenvalue weighted by Gasteiger charge is 2.26. The lowest BCUT2D eigenvalue weighted by Gasteiger charge is -2.32. The number of amides is 1. The number of piperidine rings is 1. The number of carbonyl (C=O) groups is 1. The Morgan fingerprint density at radius 3 is 2.47 bits per heavy atom. The Labute approximate surface area is 188 Å². The minimum atomic E-state index is -0.275. The van der Waals surface area contributed by atoms with E-state index in [1.54, 1.807) is 12.1 Å². The minimum absolute atomic E-state index is 0.0720. The van der Waals surface area contributed by atoms with Crippen LogP contribution in [0.15, 0.2) is 60.7 Å². The molecule has 1 fully saturated rings. The number of nitrogens with zero attached hydrogens (tertiary/aromatic N) is 3. The van der Waals surface area contributed by atoms with Crippen LogP contribution in [-0.2, 0) is 11.3 Å². The van der Waals surface area contributed by atoms with E-state index >= 15 is 0 Å². The molecule has 4 rings (SSSR count). The van der Waals surface area contributed by atoms with Crippen molar-refractivity contribution >= 4 is 11.7 Å². The van der Waals surface area contributed by atoms with E-state index in [0.29, 0.717) is 24.7 Å². The number of hydrogen-bond acceptors (Lipinski definition) is 4. The van der Waals surface area contributed by atoms with Crippen LogP contribution in [0.2, 0.25) is 0 Å². The number of nitrogens with one attached hydrogen (secondary N) is 1. The van der Waals surface area contributed by atoms with Crippen LogP contribution in [0.4, 0.5) is 10.2 Å². The van der Waals surface area contributed by atoms with Gasteiger partial charge in [-0.05, 0) is 66.3 Å². The highest BCUT2D eigenvalue weighted by Crippen LogP contribution is 2.24. The first-order valence-corrected chi connectivity index (χ1v) is 11.2. The summed E-state index contributed by atoms with van der Waals surface area (Å²) in [6, 6.07) is 18.4. The van der Waals surface area contributed by atoms with E-state index in [1.807, 2.05) is 12.1 Å². The highest BCUT2D eigenvalue weighted by atomic mass is 19.1. The van der Waals surface area contributed by atoms with Crippen LogP contribution in [0.5, 0.6) is 0 Å². The third-order valence-corrected chi connectivity index (χ3v) is 6.02. The molecule has 2 aromatic carbocycles. The Kier molecular flexibility index (Phi) is 6.78. The lowest BCUT2D eigenvalue weighted by molar-refractivity contribution is -0.125. The van der Waals surface area contributed by atoms with Gasteiger partial charge in [0.1, 0.15) is 5.82 Å². The molecule has 0 aliphatic carbocycles. The fourth-order valence-electron chi connectivity index (χ4n) is 4.02. The molecule has 5 nitrogen and oxygen atoms in total. The van der Waals surface area contributed by atoms with Gasteiger partial charge < -0.3 is 10.2 Å². The van der Waals surface area contributed by atoms with Crippen LogP contribution in [0.25, 0.3) is 11.3 Å². The van der Waals surface area contributed by atoms with E-state index in [1.165, 1.54) is 17.7 Å². The van der Waals surface area contributed by atoms with E-state index in [9.17, 15) is 9.18 Å². The van der Waals surface area contributed by atoms with Gasteiger partial charge in [0, 0.05) is 25.2 Å². The molecule has 0 bridgehead atoms. The van der Waals surface area contributed by atoms with E-state index in [2.05, 4.69) is 58.5 Å². The van der Waals surface area contributed by atoms with Crippen molar-refractivity contribution in [2.45, 2.75) is 39.2 Å². The molecule has 1 aromatic heterocycles. The van der Waals surface area contributed by atoms with Gasteiger partial charge in [-0.15, -0.1) is 10.2 Å². The molecule has 0 unspecified atom stereocenters. The molecule has 3 aromatic rings. The molecule has 1 saturated heterocycles. The minimum Gasteiger partial charge on any atom is -0.354 e. The van der Waals surface area contributed by atoms with Gasteiger partial charge in [-0.1, -0.05) is 38.1 Å². The van der Waals surface area contributed by atoms with E-state index in [4.69, 9.17) is 0 Å². The summed E-state index contributed by atoms with van der Waals surface area (Å²) in [6.07, 6.45) is 1.80. The predicted octanol–water partition coefficient (Wildman–Crippen LogP) is 4.94. The quantitative estimate of drug-likeness (QED) is 0.600. The number of carbonyl (C=O) groups excluding carboxylic acids is 1. The molecular formula is C26H29FN4O. The van der Waals surface area contributed by atoms with E-state index < -0.39 is 0 Å². The SMILES string of the molecule is CC(C)c1ccc(CNC(=O)[C@@H]2CCCN(c3ccc(-c4ccc(F)cc4)nn3)C2)cc1. The second-order valence-electron chi connectivity index (χ2n) is 8.68. The number of halogens is 1.